The van der Waals surface area contributed by atoms with Crippen LogP contribution in [0.1, 0.15) is 16.8 Å². The number of aryl methyl sites for hydroxylation is 1. The Kier molecular flexibility index (Phi) is 4.87. The monoisotopic (exact) mass is 392 g/mol. The van der Waals surface area contributed by atoms with Gasteiger partial charge >= 0.3 is 0 Å². The quantitative estimate of drug-likeness (QED) is 0.720. The Morgan fingerprint density at radius 2 is 1.96 bits per heavy atom. The highest BCUT2D eigenvalue weighted by Gasteiger charge is 2.19. The van der Waals surface area contributed by atoms with Crippen molar-refractivity contribution < 1.29 is 8.42 Å². The number of thiazole rings is 1. The molecule has 0 aliphatic heterocycles. The molecule has 0 unspecified atom stereocenters. The minimum absolute atomic E-state index is 0.134. The van der Waals surface area contributed by atoms with E-state index in [0.29, 0.717) is 22.9 Å². The lowest BCUT2D eigenvalue weighted by Gasteiger charge is -2.17. The molecule has 0 amide bonds. The second-order valence-electron chi connectivity index (χ2n) is 6.20. The molecule has 2 heterocycles. The predicted octanol–water partition coefficient (Wildman–Crippen LogP) is 2.24. The van der Waals surface area contributed by atoms with Gasteiger partial charge in [0.05, 0.1) is 17.1 Å². The number of nitrogens with one attached hydrogen (secondary N) is 1. The number of nitrogens with zero attached hydrogens (tertiary/aromatic N) is 3. The van der Waals surface area contributed by atoms with Crippen molar-refractivity contribution in [2.75, 3.05) is 19.4 Å². The van der Waals surface area contributed by atoms with E-state index in [1.54, 1.807) is 18.3 Å². The number of benzene rings is 1. The first kappa shape index (κ1) is 18.6. The fourth-order valence-corrected chi connectivity index (χ4v) is 4.29. The van der Waals surface area contributed by atoms with Gasteiger partial charge in [0.2, 0.25) is 10.0 Å². The summed E-state index contributed by atoms with van der Waals surface area (Å²) >= 11 is 1.39. The summed E-state index contributed by atoms with van der Waals surface area (Å²) in [6, 6.07) is 4.77. The van der Waals surface area contributed by atoms with Crippen LogP contribution >= 0.6 is 11.3 Å². The zero-order valence-corrected chi connectivity index (χ0v) is 16.6. The number of hydrogen-bond donors (Lipinski definition) is 1. The van der Waals surface area contributed by atoms with E-state index in [9.17, 15) is 13.2 Å². The summed E-state index contributed by atoms with van der Waals surface area (Å²) in [5.74, 6) is 0. The molecule has 0 bridgehead atoms. The molecule has 3 aromatic rings. The van der Waals surface area contributed by atoms with Crippen LogP contribution in [0, 0.1) is 13.8 Å². The van der Waals surface area contributed by atoms with E-state index in [4.69, 9.17) is 0 Å². The van der Waals surface area contributed by atoms with Gasteiger partial charge < -0.3 is 5.32 Å². The molecular formula is C17H20N4O3S2. The molecule has 0 saturated carbocycles. The SMILES string of the molecule is Cc1cc(S(=O)(=O)N(C)C)cc(NCc2cc(=O)n3ccsc3n2)c1C. The van der Waals surface area contributed by atoms with Crippen molar-refractivity contribution in [2.45, 2.75) is 25.3 Å². The Morgan fingerprint density at radius 3 is 2.65 bits per heavy atom. The third-order valence-corrected chi connectivity index (χ3v) is 6.79. The Hall–Kier alpha value is -2.23. The number of rotatable bonds is 5. The van der Waals surface area contributed by atoms with E-state index in [-0.39, 0.29) is 10.5 Å². The van der Waals surface area contributed by atoms with Crippen LogP contribution in [-0.4, -0.2) is 36.2 Å². The van der Waals surface area contributed by atoms with Gasteiger partial charge in [-0.15, -0.1) is 11.3 Å². The van der Waals surface area contributed by atoms with Gasteiger partial charge in [-0.2, -0.15) is 0 Å². The lowest BCUT2D eigenvalue weighted by Crippen LogP contribution is -2.22. The van der Waals surface area contributed by atoms with E-state index in [1.807, 2.05) is 19.2 Å². The average Bonchev–Trinajstić information content (AvgIpc) is 3.04. The number of aromatic nitrogens is 2. The summed E-state index contributed by atoms with van der Waals surface area (Å²) in [5.41, 5.74) is 3.01. The Balaban J connectivity index is 1.94. The van der Waals surface area contributed by atoms with Crippen molar-refractivity contribution in [2.24, 2.45) is 0 Å². The zero-order chi connectivity index (χ0) is 19.1. The molecule has 0 saturated heterocycles. The van der Waals surface area contributed by atoms with Gasteiger partial charge in [0.25, 0.3) is 5.56 Å². The van der Waals surface area contributed by atoms with Gasteiger partial charge in [0.15, 0.2) is 4.96 Å². The van der Waals surface area contributed by atoms with Crippen LogP contribution in [0.5, 0.6) is 0 Å². The molecule has 138 valence electrons. The molecule has 0 radical (unpaired) electrons. The summed E-state index contributed by atoms with van der Waals surface area (Å²) in [5, 5.41) is 5.03. The molecule has 3 rings (SSSR count). The van der Waals surface area contributed by atoms with E-state index in [2.05, 4.69) is 10.3 Å². The Labute approximate surface area is 156 Å². The lowest BCUT2D eigenvalue weighted by atomic mass is 10.1. The van der Waals surface area contributed by atoms with E-state index in [0.717, 1.165) is 11.1 Å². The highest BCUT2D eigenvalue weighted by atomic mass is 32.2. The van der Waals surface area contributed by atoms with Crippen LogP contribution < -0.4 is 10.9 Å². The van der Waals surface area contributed by atoms with Gasteiger partial charge in [0, 0.05) is 37.4 Å². The highest BCUT2D eigenvalue weighted by molar-refractivity contribution is 7.89. The van der Waals surface area contributed by atoms with E-state index >= 15 is 0 Å². The summed E-state index contributed by atoms with van der Waals surface area (Å²) in [6.45, 7) is 4.13. The van der Waals surface area contributed by atoms with Crippen molar-refractivity contribution in [3.05, 3.63) is 57.0 Å². The Bertz CT molecular complexity index is 1130. The van der Waals surface area contributed by atoms with Gasteiger partial charge in [-0.1, -0.05) is 0 Å². The maximum atomic E-state index is 12.4. The molecule has 0 spiro atoms. The molecule has 1 aromatic carbocycles. The van der Waals surface area contributed by atoms with Crippen LogP contribution in [0.25, 0.3) is 4.96 Å². The minimum Gasteiger partial charge on any atom is -0.379 e. The molecule has 0 aliphatic rings. The van der Waals surface area contributed by atoms with Crippen LogP contribution in [0.3, 0.4) is 0 Å². The second kappa shape index (κ2) is 6.82. The smallest absolute Gasteiger partial charge is 0.258 e. The fourth-order valence-electron chi connectivity index (χ4n) is 2.53. The molecule has 1 N–H and O–H groups in total. The predicted molar refractivity (Wildman–Crippen MR) is 103 cm³/mol. The fraction of sp³-hybridized carbons (Fsp3) is 0.294. The van der Waals surface area contributed by atoms with Crippen molar-refractivity contribution >= 4 is 32.0 Å². The van der Waals surface area contributed by atoms with Crippen molar-refractivity contribution in [3.63, 3.8) is 0 Å². The van der Waals surface area contributed by atoms with Crippen LogP contribution in [0.4, 0.5) is 5.69 Å². The maximum absolute atomic E-state index is 12.4. The van der Waals surface area contributed by atoms with Gasteiger partial charge in [0.1, 0.15) is 0 Å². The number of hydrogen-bond acceptors (Lipinski definition) is 6. The first-order chi connectivity index (χ1) is 12.2. The normalized spacial score (nSPS) is 12.0. The van der Waals surface area contributed by atoms with Gasteiger partial charge in [-0.05, 0) is 37.1 Å². The molecule has 0 atom stereocenters. The third kappa shape index (κ3) is 3.37. The van der Waals surface area contributed by atoms with Crippen LogP contribution in [0.15, 0.2) is 39.5 Å². The summed E-state index contributed by atoms with van der Waals surface area (Å²) in [7, 11) is -0.513. The average molecular weight is 393 g/mol. The van der Waals surface area contributed by atoms with Crippen LogP contribution in [-0.2, 0) is 16.6 Å². The first-order valence-electron chi connectivity index (χ1n) is 7.93. The zero-order valence-electron chi connectivity index (χ0n) is 15.0. The molecule has 0 aliphatic carbocycles. The molecule has 9 heteroatoms. The van der Waals surface area contributed by atoms with Crippen LogP contribution in [0.2, 0.25) is 0 Å². The number of sulfonamides is 1. The van der Waals surface area contributed by atoms with Gasteiger partial charge in [-0.25, -0.2) is 17.7 Å². The van der Waals surface area contributed by atoms with Crippen molar-refractivity contribution in [3.8, 4) is 0 Å². The second-order valence-corrected chi connectivity index (χ2v) is 9.22. The summed E-state index contributed by atoms with van der Waals surface area (Å²) in [4.78, 5) is 17.4. The first-order valence-corrected chi connectivity index (χ1v) is 10.3. The van der Waals surface area contributed by atoms with E-state index < -0.39 is 10.0 Å². The number of fused-ring (bicyclic) bond motifs is 1. The highest BCUT2D eigenvalue weighted by Crippen LogP contribution is 2.26. The topological polar surface area (TPSA) is 83.8 Å². The van der Waals surface area contributed by atoms with E-state index in [1.165, 1.54) is 40.2 Å². The van der Waals surface area contributed by atoms with Gasteiger partial charge in [-0.3, -0.25) is 9.20 Å². The maximum Gasteiger partial charge on any atom is 0.258 e. The minimum atomic E-state index is -3.52. The van der Waals surface area contributed by atoms with Crippen molar-refractivity contribution in [1.29, 1.82) is 0 Å². The molecular weight excluding hydrogens is 372 g/mol. The molecule has 0 fully saturated rings. The molecule has 2 aromatic heterocycles. The summed E-state index contributed by atoms with van der Waals surface area (Å²) < 4.78 is 27.5. The molecule has 7 nitrogen and oxygen atoms in total. The standard InChI is InChI=1S/C17H20N4O3S2/c1-11-7-14(26(23,24)20(3)4)9-15(12(11)2)18-10-13-8-16(22)21-5-6-25-17(21)19-13/h5-9,18H,10H2,1-4H3. The largest absolute Gasteiger partial charge is 0.379 e. The van der Waals surface area contributed by atoms with Crippen molar-refractivity contribution in [1.82, 2.24) is 13.7 Å². The summed E-state index contributed by atoms with van der Waals surface area (Å²) in [6.07, 6.45) is 1.69. The third-order valence-electron chi connectivity index (χ3n) is 4.24. The number of anilines is 1. The lowest BCUT2D eigenvalue weighted by molar-refractivity contribution is 0.520. The Morgan fingerprint density at radius 1 is 1.23 bits per heavy atom. The molecule has 26 heavy (non-hydrogen) atoms.